The smallest absolute Gasteiger partial charge is 0.243 e. The van der Waals surface area contributed by atoms with E-state index in [-0.39, 0.29) is 24.3 Å². The van der Waals surface area contributed by atoms with Crippen molar-refractivity contribution in [2.75, 3.05) is 6.54 Å². The minimum absolute atomic E-state index is 0.0280. The number of carbonyl (C=O) groups excluding carboxylic acids is 2. The molecule has 7 nitrogen and oxygen atoms in total. The third-order valence-electron chi connectivity index (χ3n) is 5.36. The number of rotatable bonds is 6. The van der Waals surface area contributed by atoms with Crippen LogP contribution in [0.25, 0.3) is 10.9 Å². The maximum Gasteiger partial charge on any atom is 0.243 e. The maximum absolute atomic E-state index is 13.1. The van der Waals surface area contributed by atoms with E-state index in [0.29, 0.717) is 24.4 Å². The van der Waals surface area contributed by atoms with Crippen LogP contribution in [0.5, 0.6) is 0 Å². The number of likely N-dealkylation sites (tertiary alicyclic amines) is 1. The zero-order chi connectivity index (χ0) is 19.7. The molecule has 2 aromatic heterocycles. The van der Waals surface area contributed by atoms with Crippen molar-refractivity contribution in [1.29, 1.82) is 0 Å². The van der Waals surface area contributed by atoms with Crippen LogP contribution in [0.3, 0.4) is 0 Å². The van der Waals surface area contributed by atoms with Crippen molar-refractivity contribution in [3.8, 4) is 0 Å². The minimum atomic E-state index is -0.0829. The number of hydrogen-bond donors (Lipinski definition) is 1. The predicted octanol–water partition coefficient (Wildman–Crippen LogP) is 3.41. The van der Waals surface area contributed by atoms with Crippen LogP contribution < -0.4 is 0 Å². The molecule has 0 spiro atoms. The molecule has 7 heteroatoms. The topological polar surface area (TPSA) is 83.9 Å². The van der Waals surface area contributed by atoms with Crippen LogP contribution in [0.2, 0.25) is 0 Å². The molecule has 0 bridgehead atoms. The molecular weight excluding hydrogens is 354 g/mol. The summed E-state index contributed by atoms with van der Waals surface area (Å²) in [7, 11) is 0. The van der Waals surface area contributed by atoms with Gasteiger partial charge in [0.25, 0.3) is 0 Å². The normalized spacial score (nSPS) is 16.8. The fourth-order valence-electron chi connectivity index (χ4n) is 4.04. The first-order chi connectivity index (χ1) is 13.6. The quantitative estimate of drug-likeness (QED) is 0.665. The molecule has 0 saturated carbocycles. The molecule has 3 heterocycles. The number of hydrogen-bond acceptors (Lipinski definition) is 4. The summed E-state index contributed by atoms with van der Waals surface area (Å²) in [6.45, 7) is 4.77. The highest BCUT2D eigenvalue weighted by atomic mass is 16.2. The van der Waals surface area contributed by atoms with E-state index in [2.05, 4.69) is 15.2 Å². The van der Waals surface area contributed by atoms with Gasteiger partial charge in [0.1, 0.15) is 12.4 Å². The summed E-state index contributed by atoms with van der Waals surface area (Å²) in [6, 6.07) is 7.70. The standard InChI is InChI=1S/C21H25N5O2/c1-3-7-19(27)16-12-25(17-9-5-4-8-15(16)17)13-20(28)26-11-6-10-18(26)21-22-14(2)23-24-21/h4-5,8-9,12,18H,3,6-7,10-11,13H2,1-2H3,(H,22,23,24)/t18-/m0/s1. The van der Waals surface area contributed by atoms with Crippen molar-refractivity contribution >= 4 is 22.6 Å². The number of H-pyrrole nitrogens is 1. The van der Waals surface area contributed by atoms with Gasteiger partial charge in [0, 0.05) is 35.6 Å². The van der Waals surface area contributed by atoms with Crippen LogP contribution in [0.15, 0.2) is 30.5 Å². The highest BCUT2D eigenvalue weighted by molar-refractivity contribution is 6.08. The summed E-state index contributed by atoms with van der Waals surface area (Å²) in [5.74, 6) is 1.59. The number of ketones is 1. The lowest BCUT2D eigenvalue weighted by Gasteiger charge is -2.23. The Balaban J connectivity index is 1.61. The SMILES string of the molecule is CCCC(=O)c1cn(CC(=O)N2CCC[C@H]2c2n[nH]c(C)n2)c2ccccc12. The second kappa shape index (κ2) is 7.58. The second-order valence-corrected chi connectivity index (χ2v) is 7.39. The van der Waals surface area contributed by atoms with Crippen LogP contribution in [0.1, 0.15) is 60.7 Å². The van der Waals surface area contributed by atoms with E-state index in [9.17, 15) is 9.59 Å². The van der Waals surface area contributed by atoms with Crippen molar-refractivity contribution in [2.45, 2.75) is 52.1 Å². The van der Waals surface area contributed by atoms with Crippen molar-refractivity contribution < 1.29 is 9.59 Å². The van der Waals surface area contributed by atoms with Gasteiger partial charge in [-0.3, -0.25) is 14.7 Å². The number of nitrogens with one attached hydrogen (secondary N) is 1. The first-order valence-electron chi connectivity index (χ1n) is 9.88. The molecule has 0 radical (unpaired) electrons. The van der Waals surface area contributed by atoms with Crippen molar-refractivity contribution in [3.63, 3.8) is 0 Å². The second-order valence-electron chi connectivity index (χ2n) is 7.39. The highest BCUT2D eigenvalue weighted by Gasteiger charge is 2.32. The van der Waals surface area contributed by atoms with E-state index in [1.807, 2.05) is 53.8 Å². The van der Waals surface area contributed by atoms with Crippen LogP contribution in [0, 0.1) is 6.92 Å². The average Bonchev–Trinajstić information content (AvgIpc) is 3.40. The Hall–Kier alpha value is -2.96. The number of fused-ring (bicyclic) bond motifs is 1. The molecule has 1 aromatic carbocycles. The van der Waals surface area contributed by atoms with E-state index >= 15 is 0 Å². The molecule has 1 aliphatic heterocycles. The van der Waals surface area contributed by atoms with Crippen LogP contribution in [0.4, 0.5) is 0 Å². The van der Waals surface area contributed by atoms with Gasteiger partial charge in [0.2, 0.25) is 5.91 Å². The molecule has 1 amide bonds. The number of amides is 1. The summed E-state index contributed by atoms with van der Waals surface area (Å²) in [5, 5.41) is 8.03. The molecule has 1 saturated heterocycles. The average molecular weight is 379 g/mol. The van der Waals surface area contributed by atoms with Crippen molar-refractivity contribution in [2.24, 2.45) is 0 Å². The number of benzene rings is 1. The van der Waals surface area contributed by atoms with Gasteiger partial charge in [-0.2, -0.15) is 5.10 Å². The number of aromatic amines is 1. The van der Waals surface area contributed by atoms with E-state index < -0.39 is 0 Å². The van der Waals surface area contributed by atoms with Gasteiger partial charge in [-0.25, -0.2) is 4.98 Å². The van der Waals surface area contributed by atoms with Gasteiger partial charge in [-0.15, -0.1) is 0 Å². The van der Waals surface area contributed by atoms with Crippen molar-refractivity contribution in [1.82, 2.24) is 24.6 Å². The Morgan fingerprint density at radius 1 is 1.29 bits per heavy atom. The zero-order valence-corrected chi connectivity index (χ0v) is 16.3. The predicted molar refractivity (Wildman–Crippen MR) is 106 cm³/mol. The van der Waals surface area contributed by atoms with E-state index in [1.165, 1.54) is 0 Å². The Bertz CT molecular complexity index is 1020. The third-order valence-corrected chi connectivity index (χ3v) is 5.36. The first-order valence-corrected chi connectivity index (χ1v) is 9.88. The lowest BCUT2D eigenvalue weighted by atomic mass is 10.1. The lowest BCUT2D eigenvalue weighted by molar-refractivity contribution is -0.132. The molecule has 0 aliphatic carbocycles. The summed E-state index contributed by atoms with van der Waals surface area (Å²) in [5.41, 5.74) is 1.62. The molecule has 0 unspecified atom stereocenters. The Morgan fingerprint density at radius 2 is 2.11 bits per heavy atom. The molecule has 3 aromatic rings. The summed E-state index contributed by atoms with van der Waals surface area (Å²) in [4.78, 5) is 31.9. The summed E-state index contributed by atoms with van der Waals surface area (Å²) < 4.78 is 1.90. The van der Waals surface area contributed by atoms with E-state index in [1.54, 1.807) is 0 Å². The summed E-state index contributed by atoms with van der Waals surface area (Å²) in [6.07, 6.45) is 4.97. The van der Waals surface area contributed by atoms with Crippen LogP contribution in [-0.2, 0) is 11.3 Å². The largest absolute Gasteiger partial charge is 0.337 e. The number of nitrogens with zero attached hydrogens (tertiary/aromatic N) is 4. The van der Waals surface area contributed by atoms with Gasteiger partial charge in [0.15, 0.2) is 11.6 Å². The lowest BCUT2D eigenvalue weighted by Crippen LogP contribution is -2.33. The third kappa shape index (κ3) is 3.32. The van der Waals surface area contributed by atoms with Gasteiger partial charge in [0.05, 0.1) is 6.04 Å². The zero-order valence-electron chi connectivity index (χ0n) is 16.3. The Kier molecular flexibility index (Phi) is 4.98. The van der Waals surface area contributed by atoms with Gasteiger partial charge < -0.3 is 9.47 Å². The number of aromatic nitrogens is 4. The number of Topliss-reactive ketones (excluding diaryl/α,β-unsaturated/α-hetero) is 1. The van der Waals surface area contributed by atoms with Crippen LogP contribution in [-0.4, -0.2) is 42.9 Å². The molecule has 1 atom stereocenters. The monoisotopic (exact) mass is 379 g/mol. The minimum Gasteiger partial charge on any atom is -0.337 e. The fraction of sp³-hybridized carbons (Fsp3) is 0.429. The van der Waals surface area contributed by atoms with Gasteiger partial charge in [-0.05, 0) is 32.3 Å². The maximum atomic E-state index is 13.1. The summed E-state index contributed by atoms with van der Waals surface area (Å²) >= 11 is 0. The molecule has 4 rings (SSSR count). The van der Waals surface area contributed by atoms with E-state index in [0.717, 1.165) is 36.0 Å². The molecule has 1 aliphatic rings. The number of carbonyl (C=O) groups is 2. The number of para-hydroxylation sites is 1. The molecular formula is C21H25N5O2. The van der Waals surface area contributed by atoms with Crippen molar-refractivity contribution in [3.05, 3.63) is 47.7 Å². The number of aryl methyl sites for hydroxylation is 1. The van der Waals surface area contributed by atoms with Gasteiger partial charge >= 0.3 is 0 Å². The Morgan fingerprint density at radius 3 is 2.86 bits per heavy atom. The van der Waals surface area contributed by atoms with E-state index in [4.69, 9.17) is 0 Å². The molecule has 28 heavy (non-hydrogen) atoms. The molecule has 1 fully saturated rings. The van der Waals surface area contributed by atoms with Gasteiger partial charge in [-0.1, -0.05) is 25.1 Å². The molecule has 146 valence electrons. The Labute approximate surface area is 163 Å². The highest BCUT2D eigenvalue weighted by Crippen LogP contribution is 2.30. The fourth-order valence-corrected chi connectivity index (χ4v) is 4.04. The molecule has 1 N–H and O–H groups in total. The first kappa shape index (κ1) is 18.4. The van der Waals surface area contributed by atoms with Crippen LogP contribution >= 0.6 is 0 Å².